The molecule has 2 amide bonds. The Bertz CT molecular complexity index is 519. The fraction of sp³-hybridized carbons (Fsp3) is 0.500. The van der Waals surface area contributed by atoms with Crippen LogP contribution in [0.2, 0.25) is 0 Å². The molecule has 0 aromatic heterocycles. The number of nitrogens with one attached hydrogen (secondary N) is 2. The molecule has 0 aliphatic heterocycles. The Balaban J connectivity index is 3.10. The number of nitrogens with zero attached hydrogens (tertiary/aromatic N) is 1. The zero-order valence-electron chi connectivity index (χ0n) is 12.7. The van der Waals surface area contributed by atoms with Gasteiger partial charge in [0.1, 0.15) is 0 Å². The lowest BCUT2D eigenvalue weighted by Crippen LogP contribution is -2.43. The summed E-state index contributed by atoms with van der Waals surface area (Å²) in [6, 6.07) is 3.10. The molecule has 4 nitrogen and oxygen atoms in total. The number of alkyl halides is 3. The molecule has 0 bridgehead atoms. The van der Waals surface area contributed by atoms with Crippen molar-refractivity contribution < 1.29 is 18.0 Å². The second-order valence-electron chi connectivity index (χ2n) is 5.95. The van der Waals surface area contributed by atoms with E-state index in [9.17, 15) is 18.0 Å². The topological polar surface area (TPSA) is 44.4 Å². The van der Waals surface area contributed by atoms with Gasteiger partial charge in [-0.1, -0.05) is 0 Å². The third kappa shape index (κ3) is 5.17. The van der Waals surface area contributed by atoms with Crippen LogP contribution in [0, 0.1) is 0 Å². The lowest BCUT2D eigenvalue weighted by Gasteiger charge is -2.22. The highest BCUT2D eigenvalue weighted by molar-refractivity contribution is 5.91. The monoisotopic (exact) mass is 303 g/mol. The van der Waals surface area contributed by atoms with Gasteiger partial charge in [0.15, 0.2) is 0 Å². The van der Waals surface area contributed by atoms with E-state index in [0.717, 1.165) is 6.07 Å². The van der Waals surface area contributed by atoms with Crippen LogP contribution in [-0.2, 0) is 6.18 Å². The Morgan fingerprint density at radius 1 is 1.14 bits per heavy atom. The van der Waals surface area contributed by atoms with E-state index in [-0.39, 0.29) is 5.69 Å². The molecule has 1 aromatic carbocycles. The highest BCUT2D eigenvalue weighted by Crippen LogP contribution is 2.37. The van der Waals surface area contributed by atoms with Crippen molar-refractivity contribution in [2.75, 3.05) is 24.3 Å². The molecule has 0 saturated carbocycles. The molecule has 0 fully saturated rings. The van der Waals surface area contributed by atoms with Gasteiger partial charge < -0.3 is 15.5 Å². The minimum atomic E-state index is -4.55. The number of amides is 2. The Labute approximate surface area is 122 Å². The standard InChI is InChI=1S/C14H20F3N3O/c1-13(2,3)19-12(21)18-11-7-6-9(20(4)5)8-10(11)14(15,16)17/h6-8H,1-5H3,(H2,18,19,21). The van der Waals surface area contributed by atoms with Crippen molar-refractivity contribution in [2.24, 2.45) is 0 Å². The Hall–Kier alpha value is -1.92. The molecule has 0 unspecified atom stereocenters. The van der Waals surface area contributed by atoms with Crippen LogP contribution in [0.25, 0.3) is 0 Å². The fourth-order valence-corrected chi connectivity index (χ4v) is 1.65. The van der Waals surface area contributed by atoms with Crippen molar-refractivity contribution in [3.8, 4) is 0 Å². The molecular weight excluding hydrogens is 283 g/mol. The summed E-state index contributed by atoms with van der Waals surface area (Å²) in [5.74, 6) is 0. The molecule has 0 radical (unpaired) electrons. The molecule has 0 spiro atoms. The van der Waals surface area contributed by atoms with Gasteiger partial charge in [0.05, 0.1) is 11.3 Å². The Morgan fingerprint density at radius 3 is 2.14 bits per heavy atom. The highest BCUT2D eigenvalue weighted by atomic mass is 19.4. The number of carbonyl (C=O) groups excluding carboxylic acids is 1. The van der Waals surface area contributed by atoms with E-state index in [4.69, 9.17) is 0 Å². The quantitative estimate of drug-likeness (QED) is 0.875. The summed E-state index contributed by atoms with van der Waals surface area (Å²) in [7, 11) is 3.30. The molecule has 1 rings (SSSR count). The van der Waals surface area contributed by atoms with Gasteiger partial charge in [-0.3, -0.25) is 0 Å². The van der Waals surface area contributed by atoms with Crippen molar-refractivity contribution in [3.05, 3.63) is 23.8 Å². The van der Waals surface area contributed by atoms with Crippen molar-refractivity contribution in [1.29, 1.82) is 0 Å². The van der Waals surface area contributed by atoms with Gasteiger partial charge >= 0.3 is 12.2 Å². The van der Waals surface area contributed by atoms with Gasteiger partial charge in [0, 0.05) is 25.3 Å². The van der Waals surface area contributed by atoms with Crippen molar-refractivity contribution >= 4 is 17.4 Å². The number of halogens is 3. The molecule has 2 N–H and O–H groups in total. The van der Waals surface area contributed by atoms with E-state index in [1.807, 2.05) is 0 Å². The van der Waals surface area contributed by atoms with Gasteiger partial charge in [0.2, 0.25) is 0 Å². The van der Waals surface area contributed by atoms with Crippen molar-refractivity contribution in [2.45, 2.75) is 32.5 Å². The minimum absolute atomic E-state index is 0.269. The first-order valence-corrected chi connectivity index (χ1v) is 6.38. The smallest absolute Gasteiger partial charge is 0.378 e. The minimum Gasteiger partial charge on any atom is -0.378 e. The van der Waals surface area contributed by atoms with Crippen LogP contribution in [0.4, 0.5) is 29.3 Å². The van der Waals surface area contributed by atoms with E-state index in [0.29, 0.717) is 5.69 Å². The average molecular weight is 303 g/mol. The average Bonchev–Trinajstić information content (AvgIpc) is 2.24. The second-order valence-corrected chi connectivity index (χ2v) is 5.95. The van der Waals surface area contributed by atoms with Gasteiger partial charge in [0.25, 0.3) is 0 Å². The normalized spacial score (nSPS) is 12.0. The Kier molecular flexibility index (Phi) is 4.76. The summed E-state index contributed by atoms with van der Waals surface area (Å²) >= 11 is 0. The number of carbonyl (C=O) groups is 1. The molecule has 21 heavy (non-hydrogen) atoms. The SMILES string of the molecule is CN(C)c1ccc(NC(=O)NC(C)(C)C)c(C(F)(F)F)c1. The van der Waals surface area contributed by atoms with Crippen molar-refractivity contribution in [3.63, 3.8) is 0 Å². The molecule has 0 aliphatic rings. The fourth-order valence-electron chi connectivity index (χ4n) is 1.65. The zero-order chi connectivity index (χ0) is 16.4. The number of anilines is 2. The van der Waals surface area contributed by atoms with Crippen molar-refractivity contribution in [1.82, 2.24) is 5.32 Å². The third-order valence-corrected chi connectivity index (χ3v) is 2.56. The molecule has 0 aliphatic carbocycles. The van der Waals surface area contributed by atoms with E-state index >= 15 is 0 Å². The summed E-state index contributed by atoms with van der Waals surface area (Å²) in [5, 5.41) is 4.81. The van der Waals surface area contributed by atoms with Crippen LogP contribution in [-0.4, -0.2) is 25.7 Å². The van der Waals surface area contributed by atoms with Crippen LogP contribution in [0.15, 0.2) is 18.2 Å². The van der Waals surface area contributed by atoms with Gasteiger partial charge in [-0.2, -0.15) is 13.2 Å². The summed E-state index contributed by atoms with van der Waals surface area (Å²) in [4.78, 5) is 13.3. The lowest BCUT2D eigenvalue weighted by molar-refractivity contribution is -0.136. The maximum atomic E-state index is 13.1. The predicted molar refractivity (Wildman–Crippen MR) is 77.7 cm³/mol. The molecule has 1 aromatic rings. The molecule has 7 heteroatoms. The molecular formula is C14H20F3N3O. The number of rotatable bonds is 2. The van der Waals surface area contributed by atoms with Gasteiger partial charge in [-0.15, -0.1) is 0 Å². The van der Waals surface area contributed by atoms with Crippen LogP contribution in [0.1, 0.15) is 26.3 Å². The summed E-state index contributed by atoms with van der Waals surface area (Å²) < 4.78 is 39.3. The van der Waals surface area contributed by atoms with Crippen LogP contribution < -0.4 is 15.5 Å². The van der Waals surface area contributed by atoms with E-state index in [1.54, 1.807) is 39.8 Å². The first-order valence-electron chi connectivity index (χ1n) is 6.38. The first-order chi connectivity index (χ1) is 9.40. The summed E-state index contributed by atoms with van der Waals surface area (Å²) in [6.45, 7) is 5.23. The largest absolute Gasteiger partial charge is 0.418 e. The number of hydrogen-bond donors (Lipinski definition) is 2. The van der Waals surface area contributed by atoms with E-state index in [2.05, 4.69) is 10.6 Å². The molecule has 0 atom stereocenters. The lowest BCUT2D eigenvalue weighted by atomic mass is 10.1. The number of urea groups is 1. The predicted octanol–water partition coefficient (Wildman–Crippen LogP) is 3.69. The third-order valence-electron chi connectivity index (χ3n) is 2.56. The summed E-state index contributed by atoms with van der Waals surface area (Å²) in [5.41, 5.74) is -1.27. The maximum absolute atomic E-state index is 13.1. The van der Waals surface area contributed by atoms with Crippen LogP contribution >= 0.6 is 0 Å². The van der Waals surface area contributed by atoms with E-state index < -0.39 is 23.3 Å². The second kappa shape index (κ2) is 5.83. The summed E-state index contributed by atoms with van der Waals surface area (Å²) in [6.07, 6.45) is -4.55. The van der Waals surface area contributed by atoms with Crippen LogP contribution in [0.3, 0.4) is 0 Å². The number of hydrogen-bond acceptors (Lipinski definition) is 2. The zero-order valence-corrected chi connectivity index (χ0v) is 12.7. The Morgan fingerprint density at radius 2 is 1.71 bits per heavy atom. The first kappa shape index (κ1) is 17.1. The van der Waals surface area contributed by atoms with Gasteiger partial charge in [-0.05, 0) is 39.0 Å². The molecule has 0 saturated heterocycles. The van der Waals surface area contributed by atoms with Crippen LogP contribution in [0.5, 0.6) is 0 Å². The molecule has 118 valence electrons. The number of benzene rings is 1. The maximum Gasteiger partial charge on any atom is 0.418 e. The van der Waals surface area contributed by atoms with E-state index in [1.165, 1.54) is 12.1 Å². The highest BCUT2D eigenvalue weighted by Gasteiger charge is 2.34. The van der Waals surface area contributed by atoms with Gasteiger partial charge in [-0.25, -0.2) is 4.79 Å². The molecule has 0 heterocycles.